The highest BCUT2D eigenvalue weighted by atomic mass is 16.5. The van der Waals surface area contributed by atoms with Gasteiger partial charge in [-0.25, -0.2) is 0 Å². The molecule has 0 spiro atoms. The van der Waals surface area contributed by atoms with Gasteiger partial charge in [0.1, 0.15) is 11.5 Å². The summed E-state index contributed by atoms with van der Waals surface area (Å²) < 4.78 is 10.5. The zero-order valence-corrected chi connectivity index (χ0v) is 16.5. The summed E-state index contributed by atoms with van der Waals surface area (Å²) in [4.78, 5) is 25.2. The Bertz CT molecular complexity index is 1010. The highest BCUT2D eigenvalue weighted by Gasteiger charge is 2.13. The average molecular weight is 390 g/mol. The van der Waals surface area contributed by atoms with Crippen LogP contribution in [-0.2, 0) is 0 Å². The molecule has 3 rings (SSSR count). The number of methoxy groups -OCH3 is 2. The van der Waals surface area contributed by atoms with Gasteiger partial charge in [0.15, 0.2) is 0 Å². The summed E-state index contributed by atoms with van der Waals surface area (Å²) in [7, 11) is 3.09. The predicted octanol–water partition coefficient (Wildman–Crippen LogP) is 4.52. The van der Waals surface area contributed by atoms with Crippen LogP contribution in [0.5, 0.6) is 11.5 Å². The third-order valence-electron chi connectivity index (χ3n) is 4.39. The van der Waals surface area contributed by atoms with Gasteiger partial charge in [0.25, 0.3) is 11.8 Å². The highest BCUT2D eigenvalue weighted by molar-refractivity contribution is 6.07. The second-order valence-electron chi connectivity index (χ2n) is 6.41. The molecule has 3 aromatic carbocycles. The predicted molar refractivity (Wildman–Crippen MR) is 113 cm³/mol. The Hall–Kier alpha value is -3.80. The number of nitrogens with one attached hydrogen (secondary N) is 2. The van der Waals surface area contributed by atoms with Gasteiger partial charge < -0.3 is 20.1 Å². The van der Waals surface area contributed by atoms with Crippen molar-refractivity contribution in [1.29, 1.82) is 0 Å². The number of anilines is 2. The smallest absolute Gasteiger partial charge is 0.255 e. The summed E-state index contributed by atoms with van der Waals surface area (Å²) in [5.74, 6) is 0.595. The first-order valence-corrected chi connectivity index (χ1v) is 9.01. The Morgan fingerprint density at radius 3 is 1.97 bits per heavy atom. The molecule has 0 saturated carbocycles. The van der Waals surface area contributed by atoms with Gasteiger partial charge in [-0.3, -0.25) is 9.59 Å². The second kappa shape index (κ2) is 8.93. The molecule has 29 heavy (non-hydrogen) atoms. The van der Waals surface area contributed by atoms with Crippen molar-refractivity contribution in [2.75, 3.05) is 24.9 Å². The van der Waals surface area contributed by atoms with Gasteiger partial charge in [0, 0.05) is 40.7 Å². The van der Waals surface area contributed by atoms with Gasteiger partial charge in [-0.05, 0) is 36.8 Å². The number of aryl methyl sites for hydroxylation is 1. The molecular weight excluding hydrogens is 368 g/mol. The van der Waals surface area contributed by atoms with Crippen LogP contribution in [-0.4, -0.2) is 26.0 Å². The number of carbonyl (C=O) groups excluding carboxylic acids is 2. The molecule has 0 bridgehead atoms. The molecule has 3 aromatic rings. The number of rotatable bonds is 6. The van der Waals surface area contributed by atoms with Crippen molar-refractivity contribution in [3.05, 3.63) is 83.4 Å². The van der Waals surface area contributed by atoms with Crippen molar-refractivity contribution in [2.45, 2.75) is 6.92 Å². The first-order chi connectivity index (χ1) is 14.0. The van der Waals surface area contributed by atoms with Crippen LogP contribution in [0.15, 0.2) is 66.7 Å². The van der Waals surface area contributed by atoms with E-state index in [1.165, 1.54) is 0 Å². The average Bonchev–Trinajstić information content (AvgIpc) is 2.75. The van der Waals surface area contributed by atoms with Gasteiger partial charge in [-0.1, -0.05) is 24.3 Å². The lowest BCUT2D eigenvalue weighted by Crippen LogP contribution is -2.15. The maximum Gasteiger partial charge on any atom is 0.255 e. The van der Waals surface area contributed by atoms with Crippen molar-refractivity contribution in [1.82, 2.24) is 0 Å². The van der Waals surface area contributed by atoms with E-state index >= 15 is 0 Å². The van der Waals surface area contributed by atoms with E-state index in [4.69, 9.17) is 9.47 Å². The standard InChI is InChI=1S/C23H22N2O4/c1-15-9-10-17(11-21(15)25-22(26)16-7-5-4-6-8-16)23(27)24-18-12-19(28-2)14-20(13-18)29-3/h4-14H,1-3H3,(H,24,27)(H,25,26). The first kappa shape index (κ1) is 19.9. The molecule has 0 saturated heterocycles. The summed E-state index contributed by atoms with van der Waals surface area (Å²) in [6, 6.07) is 19.2. The van der Waals surface area contributed by atoms with Gasteiger partial charge in [-0.2, -0.15) is 0 Å². The molecule has 0 fully saturated rings. The molecular formula is C23H22N2O4. The van der Waals surface area contributed by atoms with Gasteiger partial charge in [0.05, 0.1) is 14.2 Å². The van der Waals surface area contributed by atoms with Crippen molar-refractivity contribution in [3.8, 4) is 11.5 Å². The minimum atomic E-state index is -0.310. The van der Waals surface area contributed by atoms with E-state index < -0.39 is 0 Å². The largest absolute Gasteiger partial charge is 0.497 e. The molecule has 0 aromatic heterocycles. The van der Waals surface area contributed by atoms with Crippen molar-refractivity contribution in [3.63, 3.8) is 0 Å². The molecule has 0 radical (unpaired) electrons. The van der Waals surface area contributed by atoms with Crippen LogP contribution in [0.25, 0.3) is 0 Å². The van der Waals surface area contributed by atoms with Gasteiger partial charge in [-0.15, -0.1) is 0 Å². The molecule has 148 valence electrons. The zero-order chi connectivity index (χ0) is 20.8. The Labute approximate surface area is 169 Å². The Morgan fingerprint density at radius 2 is 1.34 bits per heavy atom. The summed E-state index contributed by atoms with van der Waals surface area (Å²) in [5.41, 5.74) is 2.94. The van der Waals surface area contributed by atoms with Crippen molar-refractivity contribution >= 4 is 23.2 Å². The lowest BCUT2D eigenvalue weighted by Gasteiger charge is -2.12. The fourth-order valence-corrected chi connectivity index (χ4v) is 2.76. The van der Waals surface area contributed by atoms with Crippen LogP contribution in [0.3, 0.4) is 0 Å². The summed E-state index contributed by atoms with van der Waals surface area (Å²) in [6.07, 6.45) is 0. The Kier molecular flexibility index (Phi) is 6.14. The zero-order valence-electron chi connectivity index (χ0n) is 16.5. The second-order valence-corrected chi connectivity index (χ2v) is 6.41. The lowest BCUT2D eigenvalue weighted by atomic mass is 10.1. The molecule has 2 N–H and O–H groups in total. The number of carbonyl (C=O) groups is 2. The molecule has 0 aliphatic heterocycles. The van der Waals surface area contributed by atoms with E-state index in [0.717, 1.165) is 5.56 Å². The van der Waals surface area contributed by atoms with Crippen molar-refractivity contribution < 1.29 is 19.1 Å². The van der Waals surface area contributed by atoms with Crippen LogP contribution in [0.2, 0.25) is 0 Å². The van der Waals surface area contributed by atoms with E-state index in [1.54, 1.807) is 74.9 Å². The summed E-state index contributed by atoms with van der Waals surface area (Å²) >= 11 is 0. The lowest BCUT2D eigenvalue weighted by molar-refractivity contribution is 0.101. The SMILES string of the molecule is COc1cc(NC(=O)c2ccc(C)c(NC(=O)c3ccccc3)c2)cc(OC)c1. The minimum absolute atomic E-state index is 0.233. The molecule has 6 heteroatoms. The molecule has 0 heterocycles. The number of ether oxygens (including phenoxy) is 2. The van der Waals surface area contributed by atoms with Crippen LogP contribution in [0.4, 0.5) is 11.4 Å². The quantitative estimate of drug-likeness (QED) is 0.649. The topological polar surface area (TPSA) is 76.7 Å². The maximum absolute atomic E-state index is 12.7. The Morgan fingerprint density at radius 1 is 0.724 bits per heavy atom. The normalized spacial score (nSPS) is 10.2. The molecule has 6 nitrogen and oxygen atoms in total. The van der Waals surface area contributed by atoms with Crippen LogP contribution < -0.4 is 20.1 Å². The molecule has 0 unspecified atom stereocenters. The molecule has 0 aliphatic carbocycles. The third kappa shape index (κ3) is 4.93. The Balaban J connectivity index is 1.80. The van der Waals surface area contributed by atoms with Crippen LogP contribution in [0, 0.1) is 6.92 Å². The van der Waals surface area contributed by atoms with Crippen LogP contribution in [0.1, 0.15) is 26.3 Å². The molecule has 0 aliphatic rings. The number of hydrogen-bond donors (Lipinski definition) is 2. The summed E-state index contributed by atoms with van der Waals surface area (Å²) in [6.45, 7) is 1.87. The molecule has 0 atom stereocenters. The third-order valence-corrected chi connectivity index (χ3v) is 4.39. The van der Waals surface area contributed by atoms with Gasteiger partial charge >= 0.3 is 0 Å². The van der Waals surface area contributed by atoms with Gasteiger partial charge in [0.2, 0.25) is 0 Å². The van der Waals surface area contributed by atoms with E-state index in [2.05, 4.69) is 10.6 Å². The van der Waals surface area contributed by atoms with E-state index in [-0.39, 0.29) is 11.8 Å². The van der Waals surface area contributed by atoms with E-state index in [1.807, 2.05) is 13.0 Å². The first-order valence-electron chi connectivity index (χ1n) is 9.01. The fraction of sp³-hybridized carbons (Fsp3) is 0.130. The minimum Gasteiger partial charge on any atom is -0.497 e. The van der Waals surface area contributed by atoms with E-state index in [0.29, 0.717) is 34.0 Å². The number of hydrogen-bond acceptors (Lipinski definition) is 4. The van der Waals surface area contributed by atoms with E-state index in [9.17, 15) is 9.59 Å². The van der Waals surface area contributed by atoms with Crippen LogP contribution >= 0.6 is 0 Å². The molecule has 2 amide bonds. The van der Waals surface area contributed by atoms with Crippen molar-refractivity contribution in [2.24, 2.45) is 0 Å². The summed E-state index contributed by atoms with van der Waals surface area (Å²) in [5, 5.41) is 5.69. The maximum atomic E-state index is 12.7. The monoisotopic (exact) mass is 390 g/mol. The number of benzene rings is 3. The number of amides is 2. The highest BCUT2D eigenvalue weighted by Crippen LogP contribution is 2.26. The fourth-order valence-electron chi connectivity index (χ4n) is 2.76.